The number of carbonyl (C=O) groups excluding carboxylic acids is 3. The van der Waals surface area contributed by atoms with Crippen LogP contribution < -0.4 is 5.32 Å². The lowest BCUT2D eigenvalue weighted by Gasteiger charge is -2.26. The molecule has 0 aliphatic carbocycles. The number of benzene rings is 1. The van der Waals surface area contributed by atoms with Gasteiger partial charge >= 0.3 is 11.9 Å². The molecule has 1 saturated heterocycles. The molecule has 1 heterocycles. The van der Waals surface area contributed by atoms with Crippen molar-refractivity contribution in [3.8, 4) is 0 Å². The van der Waals surface area contributed by atoms with Gasteiger partial charge in [-0.3, -0.25) is 9.69 Å². The van der Waals surface area contributed by atoms with E-state index in [4.69, 9.17) is 14.2 Å². The first kappa shape index (κ1) is 22.8. The highest BCUT2D eigenvalue weighted by atomic mass is 16.5. The number of carbonyl (C=O) groups is 3. The summed E-state index contributed by atoms with van der Waals surface area (Å²) >= 11 is 0. The molecule has 0 spiro atoms. The van der Waals surface area contributed by atoms with Crippen molar-refractivity contribution in [3.63, 3.8) is 0 Å². The minimum Gasteiger partial charge on any atom is -0.467 e. The summed E-state index contributed by atoms with van der Waals surface area (Å²) in [7, 11) is 1.27. The summed E-state index contributed by atoms with van der Waals surface area (Å²) in [6.45, 7) is 7.47. The second-order valence-electron chi connectivity index (χ2n) is 7.43. The Bertz CT molecular complexity index is 683. The van der Waals surface area contributed by atoms with Gasteiger partial charge in [-0.05, 0) is 30.0 Å². The number of esters is 2. The van der Waals surface area contributed by atoms with Crippen molar-refractivity contribution in [3.05, 3.63) is 35.4 Å². The molecular weight excluding hydrogens is 376 g/mol. The van der Waals surface area contributed by atoms with Crippen LogP contribution in [0.25, 0.3) is 0 Å². The minimum absolute atomic E-state index is 0.193. The molecule has 160 valence electrons. The third kappa shape index (κ3) is 7.83. The Hall–Kier alpha value is -2.45. The molecule has 1 fully saturated rings. The number of methoxy groups -OCH3 is 1. The van der Waals surface area contributed by atoms with Gasteiger partial charge in [0.1, 0.15) is 6.04 Å². The summed E-state index contributed by atoms with van der Waals surface area (Å²) in [5.74, 6) is -1.46. The molecule has 1 atom stereocenters. The number of amides is 1. The van der Waals surface area contributed by atoms with E-state index in [0.717, 1.165) is 38.4 Å². The lowest BCUT2D eigenvalue weighted by Crippen LogP contribution is -2.44. The van der Waals surface area contributed by atoms with Gasteiger partial charge in [-0.15, -0.1) is 0 Å². The molecule has 29 heavy (non-hydrogen) atoms. The van der Waals surface area contributed by atoms with Crippen molar-refractivity contribution in [2.75, 3.05) is 40.0 Å². The Balaban J connectivity index is 1.81. The second-order valence-corrected chi connectivity index (χ2v) is 7.43. The summed E-state index contributed by atoms with van der Waals surface area (Å²) in [5.41, 5.74) is 1.46. The molecule has 0 saturated carbocycles. The Kier molecular flexibility index (Phi) is 9.08. The highest BCUT2D eigenvalue weighted by Gasteiger charge is 2.23. The van der Waals surface area contributed by atoms with Crippen LogP contribution in [0.15, 0.2) is 24.3 Å². The van der Waals surface area contributed by atoms with Crippen molar-refractivity contribution in [2.24, 2.45) is 5.92 Å². The van der Waals surface area contributed by atoms with Gasteiger partial charge in [0.05, 0.1) is 25.9 Å². The van der Waals surface area contributed by atoms with Gasteiger partial charge < -0.3 is 19.5 Å². The largest absolute Gasteiger partial charge is 0.467 e. The summed E-state index contributed by atoms with van der Waals surface area (Å²) in [6, 6.07) is 6.37. The first-order chi connectivity index (χ1) is 13.9. The van der Waals surface area contributed by atoms with Gasteiger partial charge in [-0.25, -0.2) is 9.59 Å². The molecule has 1 aliphatic rings. The van der Waals surface area contributed by atoms with E-state index in [9.17, 15) is 14.4 Å². The van der Waals surface area contributed by atoms with Crippen LogP contribution in [-0.2, 0) is 30.3 Å². The molecule has 8 nitrogen and oxygen atoms in total. The maximum atomic E-state index is 12.2. The average Bonchev–Trinajstić information content (AvgIpc) is 2.72. The Labute approximate surface area is 171 Å². The third-order valence-corrected chi connectivity index (χ3v) is 4.56. The number of morpholine rings is 1. The Morgan fingerprint density at radius 3 is 2.38 bits per heavy atom. The van der Waals surface area contributed by atoms with E-state index in [-0.39, 0.29) is 5.92 Å². The Morgan fingerprint density at radius 1 is 1.14 bits per heavy atom. The number of ether oxygens (including phenoxy) is 3. The quantitative estimate of drug-likeness (QED) is 0.619. The minimum atomic E-state index is -0.759. The lowest BCUT2D eigenvalue weighted by molar-refractivity contribution is -0.145. The van der Waals surface area contributed by atoms with Gasteiger partial charge in [0.15, 0.2) is 6.61 Å². The van der Waals surface area contributed by atoms with E-state index in [1.54, 1.807) is 12.1 Å². The molecule has 0 unspecified atom stereocenters. The van der Waals surface area contributed by atoms with Crippen molar-refractivity contribution < 1.29 is 28.6 Å². The fourth-order valence-corrected chi connectivity index (χ4v) is 3.04. The first-order valence-electron chi connectivity index (χ1n) is 9.82. The Morgan fingerprint density at radius 2 is 1.79 bits per heavy atom. The van der Waals surface area contributed by atoms with E-state index in [1.165, 1.54) is 7.11 Å². The van der Waals surface area contributed by atoms with Crippen molar-refractivity contribution in [1.82, 2.24) is 10.2 Å². The number of rotatable bonds is 9. The molecule has 0 aromatic heterocycles. The van der Waals surface area contributed by atoms with Gasteiger partial charge in [-0.1, -0.05) is 26.0 Å². The van der Waals surface area contributed by atoms with E-state index in [1.807, 2.05) is 26.0 Å². The van der Waals surface area contributed by atoms with Crippen LogP contribution >= 0.6 is 0 Å². The number of nitrogens with one attached hydrogen (secondary N) is 1. The summed E-state index contributed by atoms with van der Waals surface area (Å²) < 4.78 is 15.1. The molecule has 1 amide bonds. The van der Waals surface area contributed by atoms with Crippen LogP contribution in [0.2, 0.25) is 0 Å². The van der Waals surface area contributed by atoms with Crippen LogP contribution in [0.3, 0.4) is 0 Å². The topological polar surface area (TPSA) is 94.2 Å². The maximum Gasteiger partial charge on any atom is 0.338 e. The average molecular weight is 406 g/mol. The molecule has 1 aromatic rings. The predicted molar refractivity (Wildman–Crippen MR) is 106 cm³/mol. The third-order valence-electron chi connectivity index (χ3n) is 4.56. The monoisotopic (exact) mass is 406 g/mol. The fraction of sp³-hybridized carbons (Fsp3) is 0.571. The van der Waals surface area contributed by atoms with Gasteiger partial charge in [-0.2, -0.15) is 0 Å². The van der Waals surface area contributed by atoms with Crippen LogP contribution in [0, 0.1) is 5.92 Å². The smallest absolute Gasteiger partial charge is 0.338 e. The van der Waals surface area contributed by atoms with Crippen molar-refractivity contribution >= 4 is 17.8 Å². The SMILES string of the molecule is COC(=O)[C@@H](CC(C)C)NC(=O)COC(=O)c1ccc(CN2CCOCC2)cc1. The number of nitrogens with zero attached hydrogens (tertiary/aromatic N) is 1. The molecule has 1 N–H and O–H groups in total. The second kappa shape index (κ2) is 11.5. The van der Waals surface area contributed by atoms with Crippen LogP contribution in [-0.4, -0.2) is 68.8 Å². The van der Waals surface area contributed by atoms with Gasteiger partial charge in [0.25, 0.3) is 5.91 Å². The van der Waals surface area contributed by atoms with Crippen LogP contribution in [0.4, 0.5) is 0 Å². The van der Waals surface area contributed by atoms with Crippen LogP contribution in [0.5, 0.6) is 0 Å². The van der Waals surface area contributed by atoms with E-state index in [2.05, 4.69) is 10.2 Å². The maximum absolute atomic E-state index is 12.2. The predicted octanol–water partition coefficient (Wildman–Crippen LogP) is 1.38. The lowest BCUT2D eigenvalue weighted by atomic mass is 10.0. The summed E-state index contributed by atoms with van der Waals surface area (Å²) in [4.78, 5) is 38.3. The van der Waals surface area contributed by atoms with Crippen LogP contribution in [0.1, 0.15) is 36.2 Å². The standard InChI is InChI=1S/C21H30N2O6/c1-15(2)12-18(21(26)27-3)22-19(24)14-29-20(25)17-6-4-16(5-7-17)13-23-8-10-28-11-9-23/h4-7,15,18H,8-14H2,1-3H3,(H,22,24)/t18-/m1/s1. The highest BCUT2D eigenvalue weighted by Crippen LogP contribution is 2.10. The molecule has 1 aliphatic heterocycles. The number of hydrogen-bond donors (Lipinski definition) is 1. The molecular formula is C21H30N2O6. The normalized spacial score (nSPS) is 15.6. The molecule has 1 aromatic carbocycles. The summed E-state index contributed by atoms with van der Waals surface area (Å²) in [5, 5.41) is 2.55. The fourth-order valence-electron chi connectivity index (χ4n) is 3.04. The number of hydrogen-bond acceptors (Lipinski definition) is 7. The first-order valence-corrected chi connectivity index (χ1v) is 9.82. The zero-order chi connectivity index (χ0) is 21.2. The van der Waals surface area contributed by atoms with Gasteiger partial charge in [0.2, 0.25) is 0 Å². The zero-order valence-corrected chi connectivity index (χ0v) is 17.3. The molecule has 8 heteroatoms. The van der Waals surface area contributed by atoms with Gasteiger partial charge in [0, 0.05) is 19.6 Å². The van der Waals surface area contributed by atoms with E-state index < -0.39 is 30.5 Å². The summed E-state index contributed by atoms with van der Waals surface area (Å²) in [6.07, 6.45) is 0.441. The van der Waals surface area contributed by atoms with E-state index >= 15 is 0 Å². The van der Waals surface area contributed by atoms with Crippen molar-refractivity contribution in [1.29, 1.82) is 0 Å². The van der Waals surface area contributed by atoms with E-state index in [0.29, 0.717) is 12.0 Å². The van der Waals surface area contributed by atoms with Crippen molar-refractivity contribution in [2.45, 2.75) is 32.9 Å². The zero-order valence-electron chi connectivity index (χ0n) is 17.3. The molecule has 0 radical (unpaired) electrons. The highest BCUT2D eigenvalue weighted by molar-refractivity contribution is 5.92. The molecule has 2 rings (SSSR count). The molecule has 0 bridgehead atoms.